The van der Waals surface area contributed by atoms with Crippen LogP contribution < -0.4 is 19.8 Å². The highest BCUT2D eigenvalue weighted by Gasteiger charge is 2.70. The lowest BCUT2D eigenvalue weighted by atomic mass is 9.68. The average Bonchev–Trinajstić information content (AvgIpc) is 3.79. The molecular weight excluding hydrogens is 722 g/mol. The number of carbonyl (C=O) groups is 3. The fourth-order valence-electron chi connectivity index (χ4n) is 8.27. The average molecular weight is 747 g/mol. The van der Waals surface area contributed by atoms with Gasteiger partial charge >= 0.3 is 11.0 Å². The number of hydrogen-bond donors (Lipinski definition) is 2. The number of ether oxygens (including phenoxy) is 1. The number of aromatic amines is 1. The van der Waals surface area contributed by atoms with Gasteiger partial charge in [0.1, 0.15) is 5.75 Å². The Kier molecular flexibility index (Phi) is 7.89. The maximum Gasteiger partial charge on any atom is 0.418 e. The maximum atomic E-state index is 14.0. The van der Waals surface area contributed by atoms with Crippen molar-refractivity contribution in [3.63, 3.8) is 0 Å². The quantitative estimate of drug-likeness (QED) is 0.199. The van der Waals surface area contributed by atoms with Crippen LogP contribution in [-0.2, 0) is 20.6 Å². The second-order valence-electron chi connectivity index (χ2n) is 12.5. The summed E-state index contributed by atoms with van der Waals surface area (Å²) in [4.78, 5) is 58.2. The molecule has 2 bridgehead atoms. The number of rotatable bonds is 6. The van der Waals surface area contributed by atoms with Crippen LogP contribution in [0.3, 0.4) is 0 Å². The van der Waals surface area contributed by atoms with Crippen LogP contribution >= 0.6 is 46.3 Å². The summed E-state index contributed by atoms with van der Waals surface area (Å²) in [7, 11) is 0. The Morgan fingerprint density at radius 3 is 2.39 bits per heavy atom. The molecule has 4 aromatic rings. The summed E-state index contributed by atoms with van der Waals surface area (Å²) in [6.45, 7) is -0.605. The van der Waals surface area contributed by atoms with Crippen LogP contribution in [0.2, 0.25) is 10.0 Å². The summed E-state index contributed by atoms with van der Waals surface area (Å²) >= 11 is 15.2. The second-order valence-corrected chi connectivity index (χ2v) is 15.6. The van der Waals surface area contributed by atoms with Crippen molar-refractivity contribution in [2.24, 2.45) is 29.6 Å². The summed E-state index contributed by atoms with van der Waals surface area (Å²) in [5.74, 6) is -3.11. The molecule has 4 aliphatic rings. The van der Waals surface area contributed by atoms with E-state index in [-0.39, 0.29) is 45.4 Å². The van der Waals surface area contributed by atoms with Crippen LogP contribution in [0.5, 0.6) is 5.75 Å². The molecular formula is C34H24Cl2F3N3O5S2. The number of nitrogens with zero attached hydrogens (tertiary/aromatic N) is 1. The number of halogens is 5. The van der Waals surface area contributed by atoms with Crippen molar-refractivity contribution in [3.05, 3.63) is 102 Å². The van der Waals surface area contributed by atoms with Crippen LogP contribution in [0.1, 0.15) is 28.3 Å². The third kappa shape index (κ3) is 5.36. The van der Waals surface area contributed by atoms with Gasteiger partial charge in [0.25, 0.3) is 5.91 Å². The van der Waals surface area contributed by atoms with Gasteiger partial charge in [-0.05, 0) is 78.8 Å². The lowest BCUT2D eigenvalue weighted by Gasteiger charge is -2.43. The smallest absolute Gasteiger partial charge is 0.418 e. The molecule has 1 saturated heterocycles. The molecule has 6 unspecified atom stereocenters. The van der Waals surface area contributed by atoms with E-state index >= 15 is 0 Å². The molecule has 0 radical (unpaired) electrons. The number of carbonyl (C=O) groups excluding carboxylic acids is 3. The highest BCUT2D eigenvalue weighted by Crippen LogP contribution is 2.69. The third-order valence-corrected chi connectivity index (χ3v) is 13.1. The Morgan fingerprint density at radius 1 is 0.959 bits per heavy atom. The number of imide groups is 1. The molecule has 3 fully saturated rings. The zero-order valence-electron chi connectivity index (χ0n) is 25.0. The Hall–Kier alpha value is -3.78. The number of fused-ring (bicyclic) bond motifs is 9. The molecule has 2 saturated carbocycles. The topological polar surface area (TPSA) is 109 Å². The largest absolute Gasteiger partial charge is 0.483 e. The number of thioether (sulfide) groups is 1. The summed E-state index contributed by atoms with van der Waals surface area (Å²) < 4.78 is 46.5. The monoisotopic (exact) mass is 745 g/mol. The van der Waals surface area contributed by atoms with Gasteiger partial charge in [0.15, 0.2) is 6.61 Å². The van der Waals surface area contributed by atoms with Gasteiger partial charge in [-0.15, -0.1) is 11.8 Å². The van der Waals surface area contributed by atoms with Crippen molar-refractivity contribution < 1.29 is 32.3 Å². The highest BCUT2D eigenvalue weighted by molar-refractivity contribution is 8.00. The van der Waals surface area contributed by atoms with Crippen molar-refractivity contribution in [1.82, 2.24) is 4.98 Å². The first-order valence-electron chi connectivity index (χ1n) is 15.3. The number of amides is 3. The van der Waals surface area contributed by atoms with E-state index in [0.29, 0.717) is 32.7 Å². The van der Waals surface area contributed by atoms with Gasteiger partial charge in [-0.3, -0.25) is 24.1 Å². The lowest BCUT2D eigenvalue weighted by molar-refractivity contribution is -0.137. The van der Waals surface area contributed by atoms with Gasteiger partial charge in [-0.1, -0.05) is 46.7 Å². The molecule has 2 aliphatic carbocycles. The minimum atomic E-state index is -4.67. The second kappa shape index (κ2) is 11.9. The highest BCUT2D eigenvalue weighted by atomic mass is 35.5. The zero-order valence-corrected chi connectivity index (χ0v) is 28.1. The predicted octanol–water partition coefficient (Wildman–Crippen LogP) is 7.46. The fourth-order valence-corrected chi connectivity index (χ4v) is 11.5. The number of alkyl halides is 3. The standard InChI is InChI=1S/C34H24Cl2F3N3O5S2/c35-14-5-8-16(9-6-14)42-31(44)26-18-12-19(27(26)32(42)45)28-25(18)24(29-30(48-28)41-33(46)49-29)17-11-15(36)7-10-22(17)47-13-23(43)40-21-4-2-1-3-20(21)34(37,38)39/h1-11,18-19,24-28H,12-13H2,(H,40,43)(H,41,46)/t18?,19?,24-,25?,26?,27?,28?/m1/s1. The predicted molar refractivity (Wildman–Crippen MR) is 179 cm³/mol. The van der Waals surface area contributed by atoms with Crippen molar-refractivity contribution >= 4 is 75.4 Å². The molecule has 1 aromatic heterocycles. The maximum absolute atomic E-state index is 14.0. The molecule has 8 nitrogen and oxygen atoms in total. The molecule has 8 rings (SSSR count). The molecule has 7 atom stereocenters. The molecule has 2 aliphatic heterocycles. The Morgan fingerprint density at radius 2 is 1.65 bits per heavy atom. The first-order chi connectivity index (χ1) is 23.4. The number of anilines is 2. The van der Waals surface area contributed by atoms with Crippen LogP contribution in [0.25, 0.3) is 0 Å². The molecule has 2 N–H and O–H groups in total. The number of thiazole rings is 1. The van der Waals surface area contributed by atoms with Gasteiger partial charge in [-0.2, -0.15) is 13.2 Å². The number of hydrogen-bond acceptors (Lipinski definition) is 7. The van der Waals surface area contributed by atoms with Gasteiger partial charge in [0.2, 0.25) is 11.8 Å². The number of H-pyrrole nitrogens is 1. The minimum Gasteiger partial charge on any atom is -0.483 e. The van der Waals surface area contributed by atoms with E-state index in [1.807, 2.05) is 0 Å². The van der Waals surface area contributed by atoms with Gasteiger partial charge < -0.3 is 15.0 Å². The SMILES string of the molecule is O=C(COc1ccc(Cl)cc1[C@H]1c2sc(=O)[nH]c2SC2C3CC(C4C(=O)N(c5ccc(Cl)cc5)C(=O)C34)C21)Nc1ccccc1C(F)(F)F. The molecule has 49 heavy (non-hydrogen) atoms. The number of nitrogens with one attached hydrogen (secondary N) is 2. The van der Waals surface area contributed by atoms with Crippen molar-refractivity contribution in [2.75, 3.05) is 16.8 Å². The summed E-state index contributed by atoms with van der Waals surface area (Å²) in [5, 5.41) is 3.69. The van der Waals surface area contributed by atoms with Gasteiger partial charge in [0, 0.05) is 31.7 Å². The first-order valence-corrected chi connectivity index (χ1v) is 17.8. The van der Waals surface area contributed by atoms with E-state index in [2.05, 4.69) is 10.3 Å². The number of aromatic nitrogens is 1. The summed E-state index contributed by atoms with van der Waals surface area (Å²) in [5.41, 5.74) is -0.335. The minimum absolute atomic E-state index is 0.120. The van der Waals surface area contributed by atoms with Crippen molar-refractivity contribution in [1.29, 1.82) is 0 Å². The van der Waals surface area contributed by atoms with E-state index in [1.54, 1.807) is 42.5 Å². The molecule has 252 valence electrons. The Labute approximate surface area is 294 Å². The summed E-state index contributed by atoms with van der Waals surface area (Å²) in [6.07, 6.45) is -4.02. The molecule has 3 amide bonds. The third-order valence-electron chi connectivity index (χ3n) is 9.98. The van der Waals surface area contributed by atoms with Crippen LogP contribution in [0.15, 0.2) is 76.6 Å². The van der Waals surface area contributed by atoms with Crippen molar-refractivity contribution in [3.8, 4) is 5.75 Å². The molecule has 3 aromatic carbocycles. The molecule has 0 spiro atoms. The van der Waals surface area contributed by atoms with E-state index in [0.717, 1.165) is 28.3 Å². The summed E-state index contributed by atoms with van der Waals surface area (Å²) in [6, 6.07) is 16.1. The van der Waals surface area contributed by atoms with E-state index in [4.69, 9.17) is 27.9 Å². The van der Waals surface area contributed by atoms with Gasteiger partial charge in [-0.25, -0.2) is 0 Å². The number of para-hydroxylation sites is 1. The van der Waals surface area contributed by atoms with Gasteiger partial charge in [0.05, 0.1) is 33.8 Å². The van der Waals surface area contributed by atoms with E-state index in [1.165, 1.54) is 28.8 Å². The molecule has 3 heterocycles. The van der Waals surface area contributed by atoms with E-state index < -0.39 is 47.7 Å². The first kappa shape index (κ1) is 32.4. The van der Waals surface area contributed by atoms with Crippen molar-refractivity contribution in [2.45, 2.75) is 28.8 Å². The number of benzene rings is 3. The normalized spacial score (nSPS) is 26.8. The lowest BCUT2D eigenvalue weighted by Crippen LogP contribution is -2.42. The Bertz CT molecular complexity index is 2090. The Balaban J connectivity index is 1.12. The zero-order chi connectivity index (χ0) is 34.4. The van der Waals surface area contributed by atoms with Crippen LogP contribution in [0, 0.1) is 29.6 Å². The molecule has 15 heteroatoms. The fraction of sp³-hybridized carbons (Fsp3) is 0.294. The van der Waals surface area contributed by atoms with Crippen LogP contribution in [-0.4, -0.2) is 34.6 Å². The van der Waals surface area contributed by atoms with E-state index in [9.17, 15) is 32.3 Å². The van der Waals surface area contributed by atoms with Crippen LogP contribution in [0.4, 0.5) is 24.5 Å².